The normalized spacial score (nSPS) is 42.6. The Bertz CT molecular complexity index is 378. The van der Waals surface area contributed by atoms with Gasteiger partial charge in [-0.05, 0) is 46.0 Å². The fourth-order valence-corrected chi connectivity index (χ4v) is 4.17. The van der Waals surface area contributed by atoms with E-state index in [4.69, 9.17) is 5.73 Å². The van der Waals surface area contributed by atoms with Crippen molar-refractivity contribution in [2.24, 2.45) is 11.7 Å². The molecule has 1 amide bonds. The molecule has 0 bridgehead atoms. The Morgan fingerprint density at radius 3 is 2.70 bits per heavy atom. The topological polar surface area (TPSA) is 58.4 Å². The van der Waals surface area contributed by atoms with Gasteiger partial charge in [0.2, 0.25) is 5.91 Å². The molecular formula is C16H29N3O. The third-order valence-corrected chi connectivity index (χ3v) is 5.56. The Balaban J connectivity index is 1.56. The van der Waals surface area contributed by atoms with E-state index in [-0.39, 0.29) is 17.4 Å². The van der Waals surface area contributed by atoms with Gasteiger partial charge < -0.3 is 11.1 Å². The number of nitrogens with zero attached hydrogens (tertiary/aromatic N) is 1. The third-order valence-electron chi connectivity index (χ3n) is 5.56. The number of rotatable bonds is 3. The first-order valence-electron chi connectivity index (χ1n) is 8.32. The summed E-state index contributed by atoms with van der Waals surface area (Å²) in [5, 5.41) is 3.29. The summed E-state index contributed by atoms with van der Waals surface area (Å²) in [5.41, 5.74) is 6.02. The van der Waals surface area contributed by atoms with Gasteiger partial charge in [0, 0.05) is 30.2 Å². The van der Waals surface area contributed by atoms with Crippen molar-refractivity contribution in [2.75, 3.05) is 6.54 Å². The fourth-order valence-electron chi connectivity index (χ4n) is 4.17. The number of likely N-dealkylation sites (tertiary alicyclic amines) is 1. The molecule has 0 radical (unpaired) electrons. The Morgan fingerprint density at radius 1 is 1.30 bits per heavy atom. The Labute approximate surface area is 122 Å². The molecule has 0 aromatic heterocycles. The van der Waals surface area contributed by atoms with Crippen LogP contribution in [0.25, 0.3) is 0 Å². The number of carbonyl (C=O) groups excluding carboxylic acids is 1. The van der Waals surface area contributed by atoms with Crippen LogP contribution in [0.4, 0.5) is 0 Å². The second-order valence-corrected chi connectivity index (χ2v) is 7.52. The minimum absolute atomic E-state index is 0.00142. The first-order chi connectivity index (χ1) is 9.47. The van der Waals surface area contributed by atoms with E-state index in [2.05, 4.69) is 17.1 Å². The van der Waals surface area contributed by atoms with Gasteiger partial charge in [0.25, 0.3) is 0 Å². The highest BCUT2D eigenvalue weighted by atomic mass is 16.2. The molecule has 3 aliphatic rings. The predicted molar refractivity (Wildman–Crippen MR) is 80.3 cm³/mol. The number of hydrogen-bond acceptors (Lipinski definition) is 3. The molecule has 3 rings (SSSR count). The van der Waals surface area contributed by atoms with Gasteiger partial charge in [-0.2, -0.15) is 0 Å². The number of amides is 1. The Kier molecular flexibility index (Phi) is 3.80. The molecule has 4 atom stereocenters. The molecule has 114 valence electrons. The smallest absolute Gasteiger partial charge is 0.225 e. The van der Waals surface area contributed by atoms with Crippen LogP contribution in [0.1, 0.15) is 58.8 Å². The summed E-state index contributed by atoms with van der Waals surface area (Å²) in [5.74, 6) is 0.200. The van der Waals surface area contributed by atoms with Gasteiger partial charge in [-0.15, -0.1) is 0 Å². The average molecular weight is 279 g/mol. The van der Waals surface area contributed by atoms with Crippen LogP contribution < -0.4 is 11.1 Å². The lowest BCUT2D eigenvalue weighted by Gasteiger charge is -2.37. The first kappa shape index (κ1) is 14.3. The van der Waals surface area contributed by atoms with Crippen molar-refractivity contribution in [1.82, 2.24) is 10.2 Å². The Hall–Kier alpha value is -0.610. The second-order valence-electron chi connectivity index (χ2n) is 7.52. The van der Waals surface area contributed by atoms with Crippen molar-refractivity contribution < 1.29 is 4.79 Å². The lowest BCUT2D eigenvalue weighted by atomic mass is 9.74. The Morgan fingerprint density at radius 2 is 2.05 bits per heavy atom. The number of hydrogen-bond donors (Lipinski definition) is 2. The zero-order valence-electron chi connectivity index (χ0n) is 12.9. The van der Waals surface area contributed by atoms with Crippen molar-refractivity contribution in [3.63, 3.8) is 0 Å². The van der Waals surface area contributed by atoms with E-state index >= 15 is 0 Å². The molecule has 0 aromatic rings. The minimum Gasteiger partial charge on any atom is -0.352 e. The van der Waals surface area contributed by atoms with Gasteiger partial charge in [0.05, 0.1) is 5.92 Å². The predicted octanol–water partition coefficient (Wildman–Crippen LogP) is 1.64. The molecule has 2 aliphatic carbocycles. The molecular weight excluding hydrogens is 250 g/mol. The van der Waals surface area contributed by atoms with Crippen LogP contribution in [0.5, 0.6) is 0 Å². The standard InChI is InChI=1S/C16H29N3O/c1-11-9-12(10-19(11)13-6-7-13)18-15(20)14-5-3-4-8-16(14,2)17/h11-14H,3-10,17H2,1-2H3,(H,18,20). The van der Waals surface area contributed by atoms with Crippen LogP contribution in [-0.4, -0.2) is 41.0 Å². The van der Waals surface area contributed by atoms with Crippen molar-refractivity contribution in [1.29, 1.82) is 0 Å². The molecule has 2 saturated carbocycles. The van der Waals surface area contributed by atoms with Gasteiger partial charge in [-0.25, -0.2) is 0 Å². The molecule has 3 fully saturated rings. The molecule has 4 nitrogen and oxygen atoms in total. The fraction of sp³-hybridized carbons (Fsp3) is 0.938. The second kappa shape index (κ2) is 5.30. The van der Waals surface area contributed by atoms with E-state index in [1.165, 1.54) is 12.8 Å². The zero-order valence-corrected chi connectivity index (χ0v) is 12.9. The average Bonchev–Trinajstić information content (AvgIpc) is 3.13. The van der Waals surface area contributed by atoms with Gasteiger partial charge >= 0.3 is 0 Å². The molecule has 0 spiro atoms. The highest BCUT2D eigenvalue weighted by molar-refractivity contribution is 5.80. The van der Waals surface area contributed by atoms with Gasteiger partial charge in [0.1, 0.15) is 0 Å². The number of carbonyl (C=O) groups is 1. The van der Waals surface area contributed by atoms with Gasteiger partial charge in [0.15, 0.2) is 0 Å². The summed E-state index contributed by atoms with van der Waals surface area (Å²) in [7, 11) is 0. The lowest BCUT2D eigenvalue weighted by Crippen LogP contribution is -2.54. The van der Waals surface area contributed by atoms with Gasteiger partial charge in [-0.3, -0.25) is 9.69 Å². The molecule has 1 heterocycles. The summed E-state index contributed by atoms with van der Waals surface area (Å²) in [6.45, 7) is 5.37. The maximum Gasteiger partial charge on any atom is 0.225 e. The first-order valence-corrected chi connectivity index (χ1v) is 8.32. The van der Waals surface area contributed by atoms with E-state index in [0.717, 1.165) is 44.7 Å². The quantitative estimate of drug-likeness (QED) is 0.825. The van der Waals surface area contributed by atoms with Crippen LogP contribution in [0.3, 0.4) is 0 Å². The highest BCUT2D eigenvalue weighted by Gasteiger charge is 2.42. The maximum absolute atomic E-state index is 12.6. The van der Waals surface area contributed by atoms with Crippen molar-refractivity contribution in [2.45, 2.75) is 82.5 Å². The summed E-state index contributed by atoms with van der Waals surface area (Å²) in [4.78, 5) is 15.1. The third kappa shape index (κ3) is 2.86. The number of nitrogens with two attached hydrogens (primary N) is 1. The molecule has 4 heteroatoms. The molecule has 1 aliphatic heterocycles. The summed E-state index contributed by atoms with van der Waals surface area (Å²) < 4.78 is 0. The monoisotopic (exact) mass is 279 g/mol. The highest BCUT2D eigenvalue weighted by Crippen LogP contribution is 2.34. The van der Waals surface area contributed by atoms with E-state index in [0.29, 0.717) is 12.1 Å². The van der Waals surface area contributed by atoms with Crippen molar-refractivity contribution in [3.8, 4) is 0 Å². The van der Waals surface area contributed by atoms with E-state index in [9.17, 15) is 4.79 Å². The van der Waals surface area contributed by atoms with Crippen LogP contribution in [-0.2, 0) is 4.79 Å². The van der Waals surface area contributed by atoms with E-state index in [1.54, 1.807) is 0 Å². The SMILES string of the molecule is CC1CC(NC(=O)C2CCCCC2(C)N)CN1C1CC1. The van der Waals surface area contributed by atoms with Crippen LogP contribution in [0.2, 0.25) is 0 Å². The lowest BCUT2D eigenvalue weighted by molar-refractivity contribution is -0.128. The van der Waals surface area contributed by atoms with Crippen molar-refractivity contribution in [3.05, 3.63) is 0 Å². The van der Waals surface area contributed by atoms with E-state index in [1.807, 2.05) is 6.92 Å². The largest absolute Gasteiger partial charge is 0.352 e. The molecule has 1 saturated heterocycles. The molecule has 4 unspecified atom stereocenters. The van der Waals surface area contributed by atoms with Crippen LogP contribution in [0, 0.1) is 5.92 Å². The molecule has 0 aromatic carbocycles. The minimum atomic E-state index is -0.317. The number of nitrogens with one attached hydrogen (secondary N) is 1. The summed E-state index contributed by atoms with van der Waals surface area (Å²) in [6, 6.07) is 1.74. The summed E-state index contributed by atoms with van der Waals surface area (Å²) >= 11 is 0. The van der Waals surface area contributed by atoms with Crippen molar-refractivity contribution >= 4 is 5.91 Å². The summed E-state index contributed by atoms with van der Waals surface area (Å²) in [6.07, 6.45) is 8.00. The molecule has 3 N–H and O–H groups in total. The van der Waals surface area contributed by atoms with Gasteiger partial charge in [-0.1, -0.05) is 12.8 Å². The zero-order chi connectivity index (χ0) is 14.3. The van der Waals surface area contributed by atoms with Crippen LogP contribution >= 0.6 is 0 Å². The van der Waals surface area contributed by atoms with E-state index < -0.39 is 0 Å². The van der Waals surface area contributed by atoms with Crippen LogP contribution in [0.15, 0.2) is 0 Å². The maximum atomic E-state index is 12.6. The molecule has 20 heavy (non-hydrogen) atoms.